The number of amides is 1. The van der Waals surface area contributed by atoms with Crippen molar-refractivity contribution in [2.45, 2.75) is 45.4 Å². The van der Waals surface area contributed by atoms with Crippen LogP contribution in [-0.2, 0) is 0 Å². The van der Waals surface area contributed by atoms with Gasteiger partial charge in [0.15, 0.2) is 11.7 Å². The summed E-state index contributed by atoms with van der Waals surface area (Å²) < 4.78 is 5.17. The van der Waals surface area contributed by atoms with Crippen LogP contribution in [0, 0.1) is 6.92 Å². The van der Waals surface area contributed by atoms with E-state index in [0.29, 0.717) is 12.3 Å². The average Bonchev–Trinajstić information content (AvgIpc) is 3.06. The van der Waals surface area contributed by atoms with Crippen LogP contribution in [-0.4, -0.2) is 38.5 Å². The minimum atomic E-state index is -0.161. The van der Waals surface area contributed by atoms with Gasteiger partial charge >= 0.3 is 0 Å². The maximum absolute atomic E-state index is 11.9. The highest BCUT2D eigenvalue weighted by atomic mass is 16.3. The van der Waals surface area contributed by atoms with Crippen molar-refractivity contribution in [3.63, 3.8) is 0 Å². The number of aryl methyl sites for hydroxylation is 1. The van der Waals surface area contributed by atoms with Gasteiger partial charge in [0.25, 0.3) is 5.91 Å². The summed E-state index contributed by atoms with van der Waals surface area (Å²) >= 11 is 0. The van der Waals surface area contributed by atoms with E-state index in [1.54, 1.807) is 18.7 Å². The first-order valence-electron chi connectivity index (χ1n) is 9.15. The highest BCUT2D eigenvalue weighted by molar-refractivity contribution is 5.92. The molecule has 1 aliphatic carbocycles. The summed E-state index contributed by atoms with van der Waals surface area (Å²) in [4.78, 5) is 16.1. The SMILES string of the molecule is CN=C(NCCCNC(=O)c1occc1C)NCCC1=CCCCC1. The first-order chi connectivity index (χ1) is 12.2. The van der Waals surface area contributed by atoms with E-state index >= 15 is 0 Å². The Morgan fingerprint density at radius 2 is 2.00 bits per heavy atom. The normalized spacial score (nSPS) is 14.8. The molecule has 0 radical (unpaired) electrons. The molecule has 1 aromatic heterocycles. The van der Waals surface area contributed by atoms with Crippen LogP contribution in [0.1, 0.15) is 54.6 Å². The lowest BCUT2D eigenvalue weighted by Crippen LogP contribution is -2.39. The summed E-state index contributed by atoms with van der Waals surface area (Å²) in [5.41, 5.74) is 2.42. The van der Waals surface area contributed by atoms with Crippen molar-refractivity contribution in [1.29, 1.82) is 0 Å². The van der Waals surface area contributed by atoms with Crippen LogP contribution in [0.4, 0.5) is 0 Å². The zero-order valence-corrected chi connectivity index (χ0v) is 15.4. The Morgan fingerprint density at radius 1 is 1.20 bits per heavy atom. The predicted molar refractivity (Wildman–Crippen MR) is 101 cm³/mol. The van der Waals surface area contributed by atoms with Crippen LogP contribution >= 0.6 is 0 Å². The third-order valence-corrected chi connectivity index (χ3v) is 4.35. The molecule has 1 heterocycles. The number of hydrogen-bond acceptors (Lipinski definition) is 3. The van der Waals surface area contributed by atoms with Crippen LogP contribution < -0.4 is 16.0 Å². The average molecular weight is 346 g/mol. The lowest BCUT2D eigenvalue weighted by molar-refractivity contribution is 0.0925. The number of guanidine groups is 1. The molecule has 6 heteroatoms. The summed E-state index contributed by atoms with van der Waals surface area (Å²) in [7, 11) is 1.77. The fraction of sp³-hybridized carbons (Fsp3) is 0.579. The maximum atomic E-state index is 11.9. The molecule has 1 amide bonds. The summed E-state index contributed by atoms with van der Waals surface area (Å²) in [5, 5.41) is 9.48. The van der Waals surface area contributed by atoms with Crippen LogP contribution in [0.25, 0.3) is 0 Å². The molecule has 0 atom stereocenters. The van der Waals surface area contributed by atoms with Crippen LogP contribution in [0.15, 0.2) is 33.4 Å². The molecular weight excluding hydrogens is 316 g/mol. The summed E-state index contributed by atoms with van der Waals surface area (Å²) in [6.07, 6.45) is 10.9. The van der Waals surface area contributed by atoms with E-state index in [1.807, 2.05) is 6.92 Å². The third-order valence-electron chi connectivity index (χ3n) is 4.35. The van der Waals surface area contributed by atoms with Crippen molar-refractivity contribution in [2.24, 2.45) is 4.99 Å². The molecule has 0 aromatic carbocycles. The number of furan rings is 1. The Bertz CT molecular complexity index is 604. The summed E-state index contributed by atoms with van der Waals surface area (Å²) in [6.45, 7) is 4.11. The molecule has 0 fully saturated rings. The Labute approximate surface area is 150 Å². The van der Waals surface area contributed by atoms with Crippen molar-refractivity contribution in [1.82, 2.24) is 16.0 Å². The molecule has 1 aromatic rings. The van der Waals surface area contributed by atoms with Gasteiger partial charge in [0.1, 0.15) is 0 Å². The van der Waals surface area contributed by atoms with Gasteiger partial charge in [-0.25, -0.2) is 0 Å². The molecule has 6 nitrogen and oxygen atoms in total. The van der Waals surface area contributed by atoms with Gasteiger partial charge in [-0.2, -0.15) is 0 Å². The van der Waals surface area contributed by atoms with Crippen molar-refractivity contribution in [3.8, 4) is 0 Å². The predicted octanol–water partition coefficient (Wildman–Crippen LogP) is 2.76. The zero-order valence-electron chi connectivity index (χ0n) is 15.4. The molecule has 0 saturated carbocycles. The fourth-order valence-electron chi connectivity index (χ4n) is 2.88. The molecule has 0 aliphatic heterocycles. The molecule has 0 unspecified atom stereocenters. The zero-order chi connectivity index (χ0) is 17.9. The second-order valence-corrected chi connectivity index (χ2v) is 6.33. The molecular formula is C19H30N4O2. The minimum absolute atomic E-state index is 0.161. The lowest BCUT2D eigenvalue weighted by Gasteiger charge is -2.15. The Balaban J connectivity index is 1.55. The second kappa shape index (κ2) is 10.6. The lowest BCUT2D eigenvalue weighted by atomic mass is 9.97. The van der Waals surface area contributed by atoms with Gasteiger partial charge < -0.3 is 20.4 Å². The third kappa shape index (κ3) is 6.64. The molecule has 2 rings (SSSR count). The molecule has 0 spiro atoms. The molecule has 25 heavy (non-hydrogen) atoms. The Kier molecular flexibility index (Phi) is 8.09. The van der Waals surface area contributed by atoms with Crippen molar-refractivity contribution < 1.29 is 9.21 Å². The van der Waals surface area contributed by atoms with Gasteiger partial charge in [0.2, 0.25) is 0 Å². The van der Waals surface area contributed by atoms with Crippen molar-refractivity contribution in [3.05, 3.63) is 35.3 Å². The van der Waals surface area contributed by atoms with Gasteiger partial charge in [-0.3, -0.25) is 9.79 Å². The Hall–Kier alpha value is -2.24. The van der Waals surface area contributed by atoms with Crippen LogP contribution in [0.2, 0.25) is 0 Å². The highest BCUT2D eigenvalue weighted by Crippen LogP contribution is 2.19. The fourth-order valence-corrected chi connectivity index (χ4v) is 2.88. The number of carbonyl (C=O) groups excluding carboxylic acids is 1. The molecule has 3 N–H and O–H groups in total. The van der Waals surface area contributed by atoms with E-state index < -0.39 is 0 Å². The molecule has 0 saturated heterocycles. The van der Waals surface area contributed by atoms with Gasteiger partial charge in [0, 0.05) is 32.2 Å². The highest BCUT2D eigenvalue weighted by Gasteiger charge is 2.11. The minimum Gasteiger partial charge on any atom is -0.459 e. The Morgan fingerprint density at radius 3 is 2.68 bits per heavy atom. The molecule has 0 bridgehead atoms. The van der Waals surface area contributed by atoms with Gasteiger partial charge in [-0.1, -0.05) is 11.6 Å². The largest absolute Gasteiger partial charge is 0.459 e. The first kappa shape index (κ1) is 19.1. The number of rotatable bonds is 8. The van der Waals surface area contributed by atoms with E-state index in [-0.39, 0.29) is 5.91 Å². The standard InChI is InChI=1S/C19H30N4O2/c1-15-10-14-25-17(15)18(24)21-11-6-12-22-19(20-2)23-13-9-16-7-4-3-5-8-16/h7,10,14H,3-6,8-9,11-13H2,1-2H3,(H,21,24)(H2,20,22,23). The van der Waals surface area contributed by atoms with Crippen LogP contribution in [0.5, 0.6) is 0 Å². The summed E-state index contributed by atoms with van der Waals surface area (Å²) in [6, 6.07) is 1.79. The number of allylic oxidation sites excluding steroid dienone is 1. The number of nitrogens with one attached hydrogen (secondary N) is 3. The van der Waals surface area contributed by atoms with Crippen molar-refractivity contribution in [2.75, 3.05) is 26.7 Å². The first-order valence-corrected chi connectivity index (χ1v) is 9.15. The maximum Gasteiger partial charge on any atom is 0.287 e. The monoisotopic (exact) mass is 346 g/mol. The van der Waals surface area contributed by atoms with E-state index in [0.717, 1.165) is 37.5 Å². The number of aliphatic imine (C=N–C) groups is 1. The topological polar surface area (TPSA) is 78.7 Å². The van der Waals surface area contributed by atoms with E-state index in [4.69, 9.17) is 4.42 Å². The van der Waals surface area contributed by atoms with E-state index in [9.17, 15) is 4.79 Å². The number of hydrogen-bond donors (Lipinski definition) is 3. The van der Waals surface area contributed by atoms with Gasteiger partial charge in [0.05, 0.1) is 6.26 Å². The van der Waals surface area contributed by atoms with E-state index in [1.165, 1.54) is 31.9 Å². The molecule has 138 valence electrons. The second-order valence-electron chi connectivity index (χ2n) is 6.33. The molecule has 1 aliphatic rings. The van der Waals surface area contributed by atoms with Gasteiger partial charge in [-0.05, 0) is 51.5 Å². The quantitative estimate of drug-likeness (QED) is 0.293. The smallest absolute Gasteiger partial charge is 0.287 e. The number of nitrogens with zero attached hydrogens (tertiary/aromatic N) is 1. The number of carbonyl (C=O) groups is 1. The van der Waals surface area contributed by atoms with Crippen molar-refractivity contribution >= 4 is 11.9 Å². The summed E-state index contributed by atoms with van der Waals surface area (Å²) in [5.74, 6) is 1.04. The van der Waals surface area contributed by atoms with Crippen LogP contribution in [0.3, 0.4) is 0 Å². The van der Waals surface area contributed by atoms with Gasteiger partial charge in [-0.15, -0.1) is 0 Å². The van der Waals surface area contributed by atoms with E-state index in [2.05, 4.69) is 27.0 Å².